The summed E-state index contributed by atoms with van der Waals surface area (Å²) < 4.78 is 0. The van der Waals surface area contributed by atoms with E-state index in [-0.39, 0.29) is 17.5 Å². The molecule has 1 aliphatic heterocycles. The SMILES string of the molecule is O=C(O)c1cccc(N=C2S/C(=C\c3ccncc3)C(=O)N2C2CCCCC2)c1. The van der Waals surface area contributed by atoms with Crippen molar-refractivity contribution in [2.75, 3.05) is 0 Å². The maximum absolute atomic E-state index is 13.2. The molecular weight excluding hydrogens is 386 g/mol. The Bertz CT molecular complexity index is 982. The Labute approximate surface area is 173 Å². The van der Waals surface area contributed by atoms with Crippen molar-refractivity contribution < 1.29 is 14.7 Å². The van der Waals surface area contributed by atoms with E-state index in [0.717, 1.165) is 31.2 Å². The van der Waals surface area contributed by atoms with Gasteiger partial charge in [-0.05, 0) is 66.6 Å². The van der Waals surface area contributed by atoms with Gasteiger partial charge in [-0.25, -0.2) is 9.79 Å². The summed E-state index contributed by atoms with van der Waals surface area (Å²) in [7, 11) is 0. The molecule has 2 heterocycles. The van der Waals surface area contributed by atoms with Gasteiger partial charge < -0.3 is 5.11 Å². The number of carboxylic acids is 1. The Kier molecular flexibility index (Phi) is 5.76. The number of hydrogen-bond donors (Lipinski definition) is 1. The van der Waals surface area contributed by atoms with Crippen LogP contribution in [0.3, 0.4) is 0 Å². The number of carboxylic acid groups (broad SMARTS) is 1. The van der Waals surface area contributed by atoms with Crippen LogP contribution in [0.4, 0.5) is 5.69 Å². The van der Waals surface area contributed by atoms with Crippen LogP contribution < -0.4 is 0 Å². The fraction of sp³-hybridized carbons (Fsp3) is 0.273. The summed E-state index contributed by atoms with van der Waals surface area (Å²) in [6, 6.07) is 10.3. The smallest absolute Gasteiger partial charge is 0.335 e. The van der Waals surface area contributed by atoms with E-state index in [0.29, 0.717) is 15.8 Å². The number of nitrogens with zero attached hydrogens (tertiary/aromatic N) is 3. The molecule has 0 radical (unpaired) electrons. The molecular formula is C22H21N3O3S. The highest BCUT2D eigenvalue weighted by molar-refractivity contribution is 8.18. The highest BCUT2D eigenvalue weighted by Crippen LogP contribution is 2.38. The first-order chi connectivity index (χ1) is 14.1. The molecule has 1 aromatic carbocycles. The second-order valence-corrected chi connectivity index (χ2v) is 8.12. The van der Waals surface area contributed by atoms with Gasteiger partial charge in [-0.2, -0.15) is 0 Å². The minimum absolute atomic E-state index is 0.0353. The summed E-state index contributed by atoms with van der Waals surface area (Å²) in [6.07, 6.45) is 10.6. The van der Waals surface area contributed by atoms with Crippen molar-refractivity contribution in [1.29, 1.82) is 0 Å². The fourth-order valence-electron chi connectivity index (χ4n) is 3.66. The van der Waals surface area contributed by atoms with Crippen LogP contribution >= 0.6 is 11.8 Å². The topological polar surface area (TPSA) is 82.9 Å². The number of aliphatic imine (C=N–C) groups is 1. The van der Waals surface area contributed by atoms with E-state index in [1.165, 1.54) is 30.3 Å². The van der Waals surface area contributed by atoms with Gasteiger partial charge in [-0.3, -0.25) is 14.7 Å². The number of aromatic nitrogens is 1. The Hall–Kier alpha value is -2.93. The molecule has 1 aromatic heterocycles. The van der Waals surface area contributed by atoms with E-state index in [9.17, 15) is 14.7 Å². The number of benzene rings is 1. The van der Waals surface area contributed by atoms with Gasteiger partial charge in [0.25, 0.3) is 5.91 Å². The maximum Gasteiger partial charge on any atom is 0.335 e. The maximum atomic E-state index is 13.2. The first-order valence-electron chi connectivity index (χ1n) is 9.67. The van der Waals surface area contributed by atoms with Crippen LogP contribution in [0.25, 0.3) is 6.08 Å². The molecule has 1 N–H and O–H groups in total. The van der Waals surface area contributed by atoms with Crippen molar-refractivity contribution in [2.24, 2.45) is 4.99 Å². The Morgan fingerprint density at radius 3 is 2.66 bits per heavy atom. The largest absolute Gasteiger partial charge is 0.478 e. The van der Waals surface area contributed by atoms with Crippen molar-refractivity contribution in [3.8, 4) is 0 Å². The predicted molar refractivity (Wildman–Crippen MR) is 114 cm³/mol. The van der Waals surface area contributed by atoms with Crippen LogP contribution in [0.1, 0.15) is 48.0 Å². The lowest BCUT2D eigenvalue weighted by atomic mass is 9.94. The summed E-state index contributed by atoms with van der Waals surface area (Å²) in [5, 5.41) is 9.86. The normalized spacial score (nSPS) is 20.6. The molecule has 0 spiro atoms. The predicted octanol–water partition coefficient (Wildman–Crippen LogP) is 4.72. The van der Waals surface area contributed by atoms with Crippen LogP contribution in [0.2, 0.25) is 0 Å². The van der Waals surface area contributed by atoms with E-state index in [1.807, 2.05) is 23.1 Å². The molecule has 0 bridgehead atoms. The molecule has 4 rings (SSSR count). The van der Waals surface area contributed by atoms with E-state index in [2.05, 4.69) is 9.98 Å². The molecule has 2 aromatic rings. The monoisotopic (exact) mass is 407 g/mol. The fourth-order valence-corrected chi connectivity index (χ4v) is 4.71. The summed E-state index contributed by atoms with van der Waals surface area (Å²) in [5.74, 6) is -1.03. The summed E-state index contributed by atoms with van der Waals surface area (Å²) in [4.78, 5) is 35.6. The minimum Gasteiger partial charge on any atom is -0.478 e. The Morgan fingerprint density at radius 2 is 1.93 bits per heavy atom. The van der Waals surface area contributed by atoms with Gasteiger partial charge in [0.15, 0.2) is 5.17 Å². The number of amides is 1. The van der Waals surface area contributed by atoms with Crippen molar-refractivity contribution in [3.05, 3.63) is 64.8 Å². The van der Waals surface area contributed by atoms with Crippen molar-refractivity contribution in [2.45, 2.75) is 38.1 Å². The first-order valence-corrected chi connectivity index (χ1v) is 10.5. The molecule has 1 saturated carbocycles. The van der Waals surface area contributed by atoms with Gasteiger partial charge in [-0.15, -0.1) is 0 Å². The van der Waals surface area contributed by atoms with Crippen molar-refractivity contribution in [1.82, 2.24) is 9.88 Å². The lowest BCUT2D eigenvalue weighted by Gasteiger charge is -2.30. The third-order valence-electron chi connectivity index (χ3n) is 5.10. The second-order valence-electron chi connectivity index (χ2n) is 7.11. The zero-order chi connectivity index (χ0) is 20.2. The first kappa shape index (κ1) is 19.4. The molecule has 7 heteroatoms. The molecule has 1 amide bonds. The standard InChI is InChI=1S/C22H21N3O3S/c26-20-19(13-15-9-11-23-12-10-15)29-22(25(20)18-7-2-1-3-8-18)24-17-6-4-5-16(14-17)21(27)28/h4-6,9-14,18H,1-3,7-8H2,(H,27,28)/b19-13-,24-22?. The number of rotatable bonds is 4. The van der Waals surface area contributed by atoms with Crippen LogP contribution in [0, 0.1) is 0 Å². The quantitative estimate of drug-likeness (QED) is 0.742. The average Bonchev–Trinajstić information content (AvgIpc) is 3.04. The summed E-state index contributed by atoms with van der Waals surface area (Å²) in [5.41, 5.74) is 1.62. The number of aromatic carboxylic acids is 1. The van der Waals surface area contributed by atoms with Crippen LogP contribution in [0.15, 0.2) is 58.7 Å². The van der Waals surface area contributed by atoms with Gasteiger partial charge in [0, 0.05) is 18.4 Å². The molecule has 6 nitrogen and oxygen atoms in total. The number of carbonyl (C=O) groups is 2. The molecule has 0 unspecified atom stereocenters. The third-order valence-corrected chi connectivity index (χ3v) is 6.08. The summed E-state index contributed by atoms with van der Waals surface area (Å²) >= 11 is 1.34. The number of pyridine rings is 1. The zero-order valence-electron chi connectivity index (χ0n) is 15.8. The van der Waals surface area contributed by atoms with Crippen molar-refractivity contribution in [3.63, 3.8) is 0 Å². The number of hydrogen-bond acceptors (Lipinski definition) is 5. The van der Waals surface area contributed by atoms with E-state index >= 15 is 0 Å². The Morgan fingerprint density at radius 1 is 1.17 bits per heavy atom. The molecule has 29 heavy (non-hydrogen) atoms. The highest BCUT2D eigenvalue weighted by Gasteiger charge is 2.38. The average molecular weight is 407 g/mol. The van der Waals surface area contributed by atoms with Crippen LogP contribution in [-0.4, -0.2) is 38.1 Å². The second kappa shape index (κ2) is 8.61. The molecule has 1 aliphatic carbocycles. The molecule has 148 valence electrons. The van der Waals surface area contributed by atoms with Crippen molar-refractivity contribution >= 4 is 40.6 Å². The lowest BCUT2D eigenvalue weighted by molar-refractivity contribution is -0.124. The van der Waals surface area contributed by atoms with E-state index in [4.69, 9.17) is 0 Å². The zero-order valence-corrected chi connectivity index (χ0v) is 16.6. The number of carbonyl (C=O) groups excluding carboxylic acids is 1. The number of thioether (sulfide) groups is 1. The molecule has 2 aliphatic rings. The molecule has 0 atom stereocenters. The van der Waals surface area contributed by atoms with Gasteiger partial charge in [0.1, 0.15) is 0 Å². The molecule has 1 saturated heterocycles. The molecule has 2 fully saturated rings. The van der Waals surface area contributed by atoms with E-state index < -0.39 is 5.97 Å². The minimum atomic E-state index is -0.996. The number of amidine groups is 1. The van der Waals surface area contributed by atoms with Gasteiger partial charge in [0.05, 0.1) is 16.2 Å². The van der Waals surface area contributed by atoms with Crippen LogP contribution in [-0.2, 0) is 4.79 Å². The van der Waals surface area contributed by atoms with Gasteiger partial charge >= 0.3 is 5.97 Å². The van der Waals surface area contributed by atoms with Crippen LogP contribution in [0.5, 0.6) is 0 Å². The van der Waals surface area contributed by atoms with Gasteiger partial charge in [0.2, 0.25) is 0 Å². The highest BCUT2D eigenvalue weighted by atomic mass is 32.2. The van der Waals surface area contributed by atoms with Gasteiger partial charge in [-0.1, -0.05) is 25.3 Å². The third kappa shape index (κ3) is 4.40. The lowest BCUT2D eigenvalue weighted by Crippen LogP contribution is -2.40. The summed E-state index contributed by atoms with van der Waals surface area (Å²) in [6.45, 7) is 0. The van der Waals surface area contributed by atoms with E-state index in [1.54, 1.807) is 24.5 Å². The Balaban J connectivity index is 1.71.